The third kappa shape index (κ3) is 3.65. The van der Waals surface area contributed by atoms with Gasteiger partial charge in [-0.1, -0.05) is 0 Å². The molecule has 4 heterocycles. The van der Waals surface area contributed by atoms with Crippen LogP contribution in [0.15, 0.2) is 41.3 Å². The van der Waals surface area contributed by atoms with Crippen LogP contribution >= 0.6 is 0 Å². The second kappa shape index (κ2) is 8.01. The molecule has 0 saturated carbocycles. The molecule has 1 aliphatic heterocycles. The Bertz CT molecular complexity index is 1450. The summed E-state index contributed by atoms with van der Waals surface area (Å²) in [7, 11) is 3.11. The molecule has 8 nitrogen and oxygen atoms in total. The van der Waals surface area contributed by atoms with Crippen molar-refractivity contribution in [3.05, 3.63) is 52.6 Å². The van der Waals surface area contributed by atoms with E-state index in [0.29, 0.717) is 48.2 Å². The molecule has 0 atom stereocenters. The number of anilines is 1. The molecule has 178 valence electrons. The Morgan fingerprint density at radius 2 is 1.88 bits per heavy atom. The van der Waals surface area contributed by atoms with Gasteiger partial charge in [-0.15, -0.1) is 0 Å². The second-order valence-corrected chi connectivity index (χ2v) is 8.35. The second-order valence-electron chi connectivity index (χ2n) is 8.35. The van der Waals surface area contributed by atoms with Gasteiger partial charge in [0.25, 0.3) is 5.56 Å². The molecule has 34 heavy (non-hydrogen) atoms. The summed E-state index contributed by atoms with van der Waals surface area (Å²) >= 11 is 0. The van der Waals surface area contributed by atoms with Crippen LogP contribution in [0, 0.1) is 0 Å². The average Bonchev–Trinajstić information content (AvgIpc) is 3.28. The normalized spacial score (nSPS) is 15.4. The van der Waals surface area contributed by atoms with E-state index in [0.717, 1.165) is 18.0 Å². The van der Waals surface area contributed by atoms with E-state index in [4.69, 9.17) is 4.74 Å². The van der Waals surface area contributed by atoms with Crippen LogP contribution in [0.1, 0.15) is 18.5 Å². The highest BCUT2D eigenvalue weighted by molar-refractivity contribution is 5.88. The lowest BCUT2D eigenvalue weighted by Gasteiger charge is -2.32. The number of pyridine rings is 1. The van der Waals surface area contributed by atoms with Gasteiger partial charge in [0.2, 0.25) is 0 Å². The summed E-state index contributed by atoms with van der Waals surface area (Å²) in [4.78, 5) is 18.6. The summed E-state index contributed by atoms with van der Waals surface area (Å²) in [6, 6.07) is 7.44. The first kappa shape index (κ1) is 22.2. The number of methoxy groups -OCH3 is 1. The molecule has 4 aromatic rings. The molecule has 0 amide bonds. The highest BCUT2D eigenvalue weighted by Crippen LogP contribution is 2.35. The SMILES string of the molecule is COc1cc2c(=O)n(C)c3cc(-c4ccnc(C(F)(F)F)c4)nn3c2cc1N1CCC(O)CC1. The number of rotatable bonds is 3. The quantitative estimate of drug-likeness (QED) is 0.492. The van der Waals surface area contributed by atoms with Gasteiger partial charge in [-0.25, -0.2) is 4.52 Å². The van der Waals surface area contributed by atoms with Gasteiger partial charge in [0.1, 0.15) is 17.1 Å². The summed E-state index contributed by atoms with van der Waals surface area (Å²) in [5.41, 5.74) is 0.939. The van der Waals surface area contributed by atoms with Gasteiger partial charge in [0.05, 0.1) is 35.5 Å². The number of halogens is 3. The monoisotopic (exact) mass is 473 g/mol. The number of nitrogens with zero attached hydrogens (tertiary/aromatic N) is 5. The van der Waals surface area contributed by atoms with Crippen molar-refractivity contribution in [2.45, 2.75) is 25.1 Å². The van der Waals surface area contributed by atoms with E-state index in [1.807, 2.05) is 6.07 Å². The Hall–Kier alpha value is -3.60. The lowest BCUT2D eigenvalue weighted by molar-refractivity contribution is -0.141. The molecule has 1 aromatic carbocycles. The number of ether oxygens (including phenoxy) is 1. The van der Waals surface area contributed by atoms with Gasteiger partial charge in [0, 0.05) is 38.0 Å². The van der Waals surface area contributed by atoms with Crippen molar-refractivity contribution in [2.24, 2.45) is 7.05 Å². The molecule has 1 saturated heterocycles. The summed E-state index contributed by atoms with van der Waals surface area (Å²) in [5, 5.41) is 14.8. The fourth-order valence-electron chi connectivity index (χ4n) is 4.38. The zero-order valence-corrected chi connectivity index (χ0v) is 18.5. The first-order chi connectivity index (χ1) is 16.2. The number of hydrogen-bond acceptors (Lipinski definition) is 6. The van der Waals surface area contributed by atoms with Crippen LogP contribution in [0.3, 0.4) is 0 Å². The predicted molar refractivity (Wildman–Crippen MR) is 120 cm³/mol. The molecule has 0 radical (unpaired) electrons. The zero-order chi connectivity index (χ0) is 24.2. The van der Waals surface area contributed by atoms with Crippen LogP contribution in [0.2, 0.25) is 0 Å². The maximum absolute atomic E-state index is 13.2. The van der Waals surface area contributed by atoms with E-state index in [1.54, 1.807) is 23.7 Å². The van der Waals surface area contributed by atoms with E-state index in [1.165, 1.54) is 17.7 Å². The molecule has 1 N–H and O–H groups in total. The van der Waals surface area contributed by atoms with Crippen LogP contribution in [0.5, 0.6) is 5.75 Å². The molecular weight excluding hydrogens is 451 g/mol. The van der Waals surface area contributed by atoms with Crippen LogP contribution in [0.4, 0.5) is 18.9 Å². The van der Waals surface area contributed by atoms with Gasteiger partial charge in [-0.3, -0.25) is 14.3 Å². The molecule has 0 unspecified atom stereocenters. The van der Waals surface area contributed by atoms with Crippen LogP contribution in [0.25, 0.3) is 27.8 Å². The van der Waals surface area contributed by atoms with Crippen LogP contribution < -0.4 is 15.2 Å². The topological polar surface area (TPSA) is 84.9 Å². The van der Waals surface area contributed by atoms with Crippen LogP contribution in [-0.2, 0) is 13.2 Å². The maximum atomic E-state index is 13.2. The Morgan fingerprint density at radius 1 is 1.15 bits per heavy atom. The Balaban J connectivity index is 1.72. The van der Waals surface area contributed by atoms with E-state index >= 15 is 0 Å². The number of benzene rings is 1. The molecule has 1 aliphatic rings. The highest BCUT2D eigenvalue weighted by atomic mass is 19.4. The smallest absolute Gasteiger partial charge is 0.433 e. The number of fused-ring (bicyclic) bond motifs is 3. The largest absolute Gasteiger partial charge is 0.495 e. The number of aliphatic hydroxyl groups is 1. The van der Waals surface area contributed by atoms with Gasteiger partial charge in [-0.05, 0) is 37.1 Å². The molecule has 3 aromatic heterocycles. The standard InChI is InChI=1S/C23H22F3N5O3/c1-29-21-11-16(13-3-6-27-20(9-13)23(24,25)26)28-31(21)17-12-18(30-7-4-14(32)5-8-30)19(34-2)10-15(17)22(29)33/h3,6,9-12,14,32H,4-5,7-8H2,1-2H3. The van der Waals surface area contributed by atoms with Crippen molar-refractivity contribution in [2.75, 3.05) is 25.1 Å². The highest BCUT2D eigenvalue weighted by Gasteiger charge is 2.32. The third-order valence-corrected chi connectivity index (χ3v) is 6.25. The minimum Gasteiger partial charge on any atom is -0.495 e. The Labute approximate surface area is 191 Å². The molecule has 0 aliphatic carbocycles. The number of aromatic nitrogens is 4. The van der Waals surface area contributed by atoms with Crippen LogP contribution in [-0.4, -0.2) is 50.6 Å². The van der Waals surface area contributed by atoms with E-state index in [9.17, 15) is 23.1 Å². The molecule has 5 rings (SSSR count). The maximum Gasteiger partial charge on any atom is 0.433 e. The minimum absolute atomic E-state index is 0.241. The van der Waals surface area contributed by atoms with E-state index < -0.39 is 11.9 Å². The first-order valence-electron chi connectivity index (χ1n) is 10.7. The van der Waals surface area contributed by atoms with Crippen molar-refractivity contribution in [1.29, 1.82) is 0 Å². The number of hydrogen-bond donors (Lipinski definition) is 1. The molecule has 0 bridgehead atoms. The van der Waals surface area contributed by atoms with Crippen molar-refractivity contribution in [3.8, 4) is 17.0 Å². The Morgan fingerprint density at radius 3 is 2.56 bits per heavy atom. The van der Waals surface area contributed by atoms with Gasteiger partial charge in [-0.2, -0.15) is 18.3 Å². The average molecular weight is 473 g/mol. The summed E-state index contributed by atoms with van der Waals surface area (Å²) in [5.74, 6) is 0.525. The molecule has 11 heteroatoms. The molecule has 1 fully saturated rings. The predicted octanol–water partition coefficient (Wildman–Crippen LogP) is 3.24. The minimum atomic E-state index is -4.58. The Kier molecular flexibility index (Phi) is 5.23. The molecule has 0 spiro atoms. The van der Waals surface area contributed by atoms with Crippen molar-refractivity contribution < 1.29 is 23.0 Å². The van der Waals surface area contributed by atoms with Gasteiger partial charge >= 0.3 is 6.18 Å². The lowest BCUT2D eigenvalue weighted by atomic mass is 10.1. The van der Waals surface area contributed by atoms with Gasteiger partial charge < -0.3 is 14.7 Å². The lowest BCUT2D eigenvalue weighted by Crippen LogP contribution is -2.36. The summed E-state index contributed by atoms with van der Waals surface area (Å²) in [6.07, 6.45) is -2.61. The van der Waals surface area contributed by atoms with E-state index in [2.05, 4.69) is 15.0 Å². The van der Waals surface area contributed by atoms with Crippen molar-refractivity contribution in [1.82, 2.24) is 19.2 Å². The third-order valence-electron chi connectivity index (χ3n) is 6.25. The number of aliphatic hydroxyl groups excluding tert-OH is 1. The zero-order valence-electron chi connectivity index (χ0n) is 18.5. The van der Waals surface area contributed by atoms with Crippen molar-refractivity contribution >= 4 is 22.2 Å². The van der Waals surface area contributed by atoms with E-state index in [-0.39, 0.29) is 22.9 Å². The number of aryl methyl sites for hydroxylation is 1. The van der Waals surface area contributed by atoms with Crippen molar-refractivity contribution in [3.63, 3.8) is 0 Å². The van der Waals surface area contributed by atoms with Gasteiger partial charge in [0.15, 0.2) is 0 Å². The summed E-state index contributed by atoms with van der Waals surface area (Å²) < 4.78 is 48.0. The first-order valence-corrected chi connectivity index (χ1v) is 10.7. The molecular formula is C23H22F3N5O3. The number of piperidine rings is 1. The fourth-order valence-corrected chi connectivity index (χ4v) is 4.38. The summed E-state index contributed by atoms with van der Waals surface area (Å²) in [6.45, 7) is 1.25. The fraction of sp³-hybridized carbons (Fsp3) is 0.348. The number of alkyl halides is 3.